The lowest BCUT2D eigenvalue weighted by atomic mass is 10.2. The van der Waals surface area contributed by atoms with Crippen molar-refractivity contribution in [1.82, 2.24) is 24.7 Å². The Balaban J connectivity index is 2.43. The molecule has 2 rings (SSSR count). The van der Waals surface area contributed by atoms with Crippen molar-refractivity contribution in [3.05, 3.63) is 22.2 Å². The third-order valence-corrected chi connectivity index (χ3v) is 3.14. The summed E-state index contributed by atoms with van der Waals surface area (Å²) in [6, 6.07) is 0. The first-order chi connectivity index (χ1) is 9.02. The van der Waals surface area contributed by atoms with Gasteiger partial charge in [0.25, 0.3) is 5.95 Å². The summed E-state index contributed by atoms with van der Waals surface area (Å²) in [5.74, 6) is 0.911. The van der Waals surface area contributed by atoms with Crippen LogP contribution < -0.4 is 5.32 Å². The Kier molecular flexibility index (Phi) is 3.99. The number of nitrogens with zero attached hydrogens (tertiary/aromatic N) is 5. The summed E-state index contributed by atoms with van der Waals surface area (Å²) in [5, 5.41) is 7.68. The number of aryl methyl sites for hydroxylation is 1. The van der Waals surface area contributed by atoms with Gasteiger partial charge in [-0.3, -0.25) is 0 Å². The van der Waals surface area contributed by atoms with Gasteiger partial charge in [0.05, 0.1) is 5.69 Å². The van der Waals surface area contributed by atoms with Crippen LogP contribution in [-0.2, 0) is 0 Å². The fraction of sp³-hybridized carbons (Fsp3) is 0.500. The van der Waals surface area contributed by atoms with E-state index < -0.39 is 0 Å². The highest BCUT2D eigenvalue weighted by Gasteiger charge is 2.13. The molecule has 0 aromatic carbocycles. The lowest BCUT2D eigenvalue weighted by Gasteiger charge is -2.06. The van der Waals surface area contributed by atoms with Crippen LogP contribution in [-0.4, -0.2) is 31.3 Å². The van der Waals surface area contributed by atoms with Crippen molar-refractivity contribution in [2.45, 2.75) is 34.1 Å². The van der Waals surface area contributed by atoms with Crippen LogP contribution in [0.15, 0.2) is 0 Å². The molecule has 0 aliphatic rings. The van der Waals surface area contributed by atoms with E-state index in [0.717, 1.165) is 29.9 Å². The number of hydrogen-bond donors (Lipinski definition) is 1. The van der Waals surface area contributed by atoms with Gasteiger partial charge in [-0.05, 0) is 44.4 Å². The number of rotatable bonds is 4. The van der Waals surface area contributed by atoms with Gasteiger partial charge < -0.3 is 5.32 Å². The average molecular weight is 281 g/mol. The maximum absolute atomic E-state index is 5.93. The molecule has 2 heterocycles. The van der Waals surface area contributed by atoms with Crippen molar-refractivity contribution in [1.29, 1.82) is 0 Å². The van der Waals surface area contributed by atoms with Crippen LogP contribution in [0.2, 0.25) is 5.28 Å². The summed E-state index contributed by atoms with van der Waals surface area (Å²) in [7, 11) is 0. The standard InChI is InChI=1S/C12H17ClN6/c1-5-6-14-11-15-10(13)16-12(17-11)19-9(4)7(2)8(3)18-19/h5-6H2,1-4H3,(H,14,15,16,17). The van der Waals surface area contributed by atoms with Crippen LogP contribution in [0.4, 0.5) is 5.95 Å². The van der Waals surface area contributed by atoms with Gasteiger partial charge in [-0.15, -0.1) is 0 Å². The van der Waals surface area contributed by atoms with E-state index in [1.807, 2.05) is 20.8 Å². The first kappa shape index (κ1) is 13.7. The van der Waals surface area contributed by atoms with Gasteiger partial charge in [0.1, 0.15) is 0 Å². The molecule has 0 atom stereocenters. The number of anilines is 1. The molecule has 7 heteroatoms. The molecule has 2 aromatic rings. The molecule has 0 aliphatic carbocycles. The van der Waals surface area contributed by atoms with Crippen LogP contribution in [0.5, 0.6) is 0 Å². The number of hydrogen-bond acceptors (Lipinski definition) is 5. The Morgan fingerprint density at radius 2 is 1.89 bits per heavy atom. The second-order valence-electron chi connectivity index (χ2n) is 4.36. The molecule has 0 saturated heterocycles. The summed E-state index contributed by atoms with van der Waals surface area (Å²) in [5.41, 5.74) is 3.08. The largest absolute Gasteiger partial charge is 0.354 e. The highest BCUT2D eigenvalue weighted by atomic mass is 35.5. The SMILES string of the molecule is CCCNc1nc(Cl)nc(-n2nc(C)c(C)c2C)n1. The van der Waals surface area contributed by atoms with Gasteiger partial charge in [0.2, 0.25) is 11.2 Å². The molecule has 0 bridgehead atoms. The highest BCUT2D eigenvalue weighted by Crippen LogP contribution is 2.16. The Bertz CT molecular complexity index is 592. The molecule has 0 radical (unpaired) electrons. The van der Waals surface area contributed by atoms with Crippen LogP contribution in [0.3, 0.4) is 0 Å². The Hall–Kier alpha value is -1.69. The van der Waals surface area contributed by atoms with Gasteiger partial charge in [-0.2, -0.15) is 20.1 Å². The fourth-order valence-corrected chi connectivity index (χ4v) is 1.82. The van der Waals surface area contributed by atoms with Crippen molar-refractivity contribution >= 4 is 17.5 Å². The Morgan fingerprint density at radius 3 is 2.47 bits per heavy atom. The second-order valence-corrected chi connectivity index (χ2v) is 4.70. The van der Waals surface area contributed by atoms with E-state index in [-0.39, 0.29) is 5.28 Å². The molecule has 0 aliphatic heterocycles. The minimum absolute atomic E-state index is 0.161. The zero-order valence-corrected chi connectivity index (χ0v) is 12.3. The zero-order valence-electron chi connectivity index (χ0n) is 11.5. The van der Waals surface area contributed by atoms with E-state index >= 15 is 0 Å². The van der Waals surface area contributed by atoms with E-state index in [1.165, 1.54) is 0 Å². The van der Waals surface area contributed by atoms with Crippen LogP contribution in [0.1, 0.15) is 30.3 Å². The van der Waals surface area contributed by atoms with Gasteiger partial charge in [0.15, 0.2) is 0 Å². The van der Waals surface area contributed by atoms with Gasteiger partial charge in [-0.25, -0.2) is 4.68 Å². The van der Waals surface area contributed by atoms with Crippen molar-refractivity contribution in [3.63, 3.8) is 0 Å². The quantitative estimate of drug-likeness (QED) is 0.932. The average Bonchev–Trinajstić information content (AvgIpc) is 2.63. The third-order valence-electron chi connectivity index (χ3n) is 2.97. The molecule has 2 aromatic heterocycles. The van der Waals surface area contributed by atoms with E-state index in [9.17, 15) is 0 Å². The molecular weight excluding hydrogens is 264 g/mol. The highest BCUT2D eigenvalue weighted by molar-refractivity contribution is 6.28. The fourth-order valence-electron chi connectivity index (χ4n) is 1.67. The van der Waals surface area contributed by atoms with Gasteiger partial charge in [0, 0.05) is 12.2 Å². The second kappa shape index (κ2) is 5.52. The topological polar surface area (TPSA) is 68.5 Å². The van der Waals surface area contributed by atoms with Crippen molar-refractivity contribution in [2.24, 2.45) is 0 Å². The first-order valence-electron chi connectivity index (χ1n) is 6.21. The maximum Gasteiger partial charge on any atom is 0.256 e. The minimum Gasteiger partial charge on any atom is -0.354 e. The molecular formula is C12H17ClN6. The monoisotopic (exact) mass is 280 g/mol. The summed E-state index contributed by atoms with van der Waals surface area (Å²) in [6.07, 6.45) is 0.984. The molecule has 19 heavy (non-hydrogen) atoms. The summed E-state index contributed by atoms with van der Waals surface area (Å²) in [6.45, 7) is 8.81. The minimum atomic E-state index is 0.161. The van der Waals surface area contributed by atoms with Gasteiger partial charge in [-0.1, -0.05) is 6.92 Å². The van der Waals surface area contributed by atoms with Gasteiger partial charge >= 0.3 is 0 Å². The third kappa shape index (κ3) is 2.84. The van der Waals surface area contributed by atoms with Crippen molar-refractivity contribution in [2.75, 3.05) is 11.9 Å². The summed E-state index contributed by atoms with van der Waals surface area (Å²) >= 11 is 5.93. The van der Waals surface area contributed by atoms with Crippen molar-refractivity contribution in [3.8, 4) is 5.95 Å². The Labute approximate surface area is 117 Å². The number of halogens is 1. The maximum atomic E-state index is 5.93. The van der Waals surface area contributed by atoms with E-state index in [0.29, 0.717) is 11.9 Å². The molecule has 0 saturated carbocycles. The van der Waals surface area contributed by atoms with E-state index in [2.05, 4.69) is 32.3 Å². The Morgan fingerprint density at radius 1 is 1.16 bits per heavy atom. The van der Waals surface area contributed by atoms with Crippen LogP contribution in [0.25, 0.3) is 5.95 Å². The molecule has 6 nitrogen and oxygen atoms in total. The summed E-state index contributed by atoms with van der Waals surface area (Å²) in [4.78, 5) is 12.5. The molecule has 0 spiro atoms. The normalized spacial score (nSPS) is 10.8. The molecule has 0 unspecified atom stereocenters. The molecule has 0 fully saturated rings. The molecule has 102 valence electrons. The van der Waals surface area contributed by atoms with Crippen LogP contribution in [0, 0.1) is 20.8 Å². The van der Waals surface area contributed by atoms with Crippen LogP contribution >= 0.6 is 11.6 Å². The van der Waals surface area contributed by atoms with E-state index in [1.54, 1.807) is 4.68 Å². The lowest BCUT2D eigenvalue weighted by Crippen LogP contribution is -2.11. The van der Waals surface area contributed by atoms with E-state index in [4.69, 9.17) is 11.6 Å². The smallest absolute Gasteiger partial charge is 0.256 e. The molecule has 1 N–H and O–H groups in total. The van der Waals surface area contributed by atoms with Crippen molar-refractivity contribution < 1.29 is 0 Å². The summed E-state index contributed by atoms with van der Waals surface area (Å²) < 4.78 is 1.69. The predicted molar refractivity (Wildman–Crippen MR) is 75.0 cm³/mol. The predicted octanol–water partition coefficient (Wildman–Crippen LogP) is 2.46. The number of aromatic nitrogens is 5. The zero-order chi connectivity index (χ0) is 14.0. The lowest BCUT2D eigenvalue weighted by molar-refractivity contribution is 0.763. The number of nitrogens with one attached hydrogen (secondary N) is 1. The molecule has 0 amide bonds. The first-order valence-corrected chi connectivity index (χ1v) is 6.59.